The Morgan fingerprint density at radius 1 is 1.25 bits per heavy atom. The van der Waals surface area contributed by atoms with Crippen LogP contribution in [0.5, 0.6) is 0 Å². The highest BCUT2D eigenvalue weighted by Gasteiger charge is 2.31. The standard InChI is InChI=1S/C21H27N5OS/c1-2-3-4-7-12-22-19(27)14-28-21-25-24-20(26(21)15-10-11-15)17-13-23-18-9-6-5-8-16(17)18/h5-6,8-9,13,15,23H,2-4,7,10-12,14H2,1H3,(H,22,27). The van der Waals surface area contributed by atoms with Crippen LogP contribution in [0.15, 0.2) is 35.6 Å². The van der Waals surface area contributed by atoms with E-state index >= 15 is 0 Å². The number of aromatic amines is 1. The minimum atomic E-state index is 0.0699. The van der Waals surface area contributed by atoms with Crippen LogP contribution >= 0.6 is 11.8 Å². The summed E-state index contributed by atoms with van der Waals surface area (Å²) < 4.78 is 2.22. The van der Waals surface area contributed by atoms with Gasteiger partial charge in [-0.2, -0.15) is 0 Å². The number of hydrogen-bond donors (Lipinski definition) is 2. The quantitative estimate of drug-likeness (QED) is 0.389. The summed E-state index contributed by atoms with van der Waals surface area (Å²) in [6.45, 7) is 2.95. The summed E-state index contributed by atoms with van der Waals surface area (Å²) in [5, 5.41) is 13.9. The maximum atomic E-state index is 12.2. The number of amides is 1. The van der Waals surface area contributed by atoms with Crippen molar-refractivity contribution < 1.29 is 4.79 Å². The van der Waals surface area contributed by atoms with Crippen molar-refractivity contribution in [1.82, 2.24) is 25.1 Å². The molecule has 6 nitrogen and oxygen atoms in total. The lowest BCUT2D eigenvalue weighted by Gasteiger charge is -2.08. The number of hydrogen-bond acceptors (Lipinski definition) is 4. The second-order valence-electron chi connectivity index (χ2n) is 7.35. The van der Waals surface area contributed by atoms with E-state index in [1.54, 1.807) is 0 Å². The summed E-state index contributed by atoms with van der Waals surface area (Å²) in [6.07, 6.45) is 8.95. The largest absolute Gasteiger partial charge is 0.360 e. The Labute approximate surface area is 169 Å². The highest BCUT2D eigenvalue weighted by molar-refractivity contribution is 7.99. The van der Waals surface area contributed by atoms with Gasteiger partial charge in [-0.3, -0.25) is 9.36 Å². The Morgan fingerprint density at radius 2 is 2.11 bits per heavy atom. The fourth-order valence-electron chi connectivity index (χ4n) is 3.44. The number of rotatable bonds is 10. The molecule has 2 N–H and O–H groups in total. The van der Waals surface area contributed by atoms with Crippen LogP contribution < -0.4 is 5.32 Å². The van der Waals surface area contributed by atoms with Crippen LogP contribution in [0, 0.1) is 0 Å². The van der Waals surface area contributed by atoms with Gasteiger partial charge in [0, 0.05) is 35.2 Å². The van der Waals surface area contributed by atoms with E-state index in [9.17, 15) is 4.79 Å². The molecule has 1 saturated carbocycles. The molecule has 2 heterocycles. The van der Waals surface area contributed by atoms with Crippen LogP contribution in [0.3, 0.4) is 0 Å². The maximum Gasteiger partial charge on any atom is 0.230 e. The van der Waals surface area contributed by atoms with E-state index in [2.05, 4.69) is 44.1 Å². The van der Waals surface area contributed by atoms with E-state index in [4.69, 9.17) is 0 Å². The number of carbonyl (C=O) groups is 1. The fourth-order valence-corrected chi connectivity index (χ4v) is 4.27. The van der Waals surface area contributed by atoms with E-state index in [1.807, 2.05) is 18.3 Å². The minimum absolute atomic E-state index is 0.0699. The molecule has 148 valence electrons. The van der Waals surface area contributed by atoms with Gasteiger partial charge in [-0.1, -0.05) is 56.1 Å². The SMILES string of the molecule is CCCCCCNC(=O)CSc1nnc(-c2c[nH]c3ccccc23)n1C1CC1. The van der Waals surface area contributed by atoms with Crippen molar-refractivity contribution in [3.05, 3.63) is 30.5 Å². The molecule has 1 amide bonds. The van der Waals surface area contributed by atoms with E-state index in [0.717, 1.165) is 53.3 Å². The van der Waals surface area contributed by atoms with Crippen LogP contribution in [-0.2, 0) is 4.79 Å². The maximum absolute atomic E-state index is 12.2. The fraction of sp³-hybridized carbons (Fsp3) is 0.476. The minimum Gasteiger partial charge on any atom is -0.360 e. The molecule has 0 radical (unpaired) electrons. The predicted octanol–water partition coefficient (Wildman–Crippen LogP) is 4.55. The van der Waals surface area contributed by atoms with Crippen molar-refractivity contribution in [1.29, 1.82) is 0 Å². The molecule has 1 aliphatic carbocycles. The number of thioether (sulfide) groups is 1. The summed E-state index contributed by atoms with van der Waals surface area (Å²) in [5.74, 6) is 1.34. The van der Waals surface area contributed by atoms with Crippen molar-refractivity contribution >= 4 is 28.6 Å². The number of benzene rings is 1. The van der Waals surface area contributed by atoms with Crippen LogP contribution in [0.1, 0.15) is 51.5 Å². The van der Waals surface area contributed by atoms with Crippen LogP contribution in [-0.4, -0.2) is 38.0 Å². The molecule has 2 aromatic heterocycles. The molecule has 0 unspecified atom stereocenters. The van der Waals surface area contributed by atoms with Crippen molar-refractivity contribution in [2.45, 2.75) is 56.6 Å². The molecule has 1 aliphatic rings. The summed E-state index contributed by atoms with van der Waals surface area (Å²) in [5.41, 5.74) is 2.17. The number of para-hydroxylation sites is 1. The van der Waals surface area contributed by atoms with Gasteiger partial charge >= 0.3 is 0 Å². The Bertz CT molecular complexity index is 943. The van der Waals surface area contributed by atoms with Gasteiger partial charge in [-0.05, 0) is 25.3 Å². The third-order valence-electron chi connectivity index (χ3n) is 5.09. The number of carbonyl (C=O) groups excluding carboxylic acids is 1. The smallest absolute Gasteiger partial charge is 0.230 e. The average Bonchev–Trinajstić information content (AvgIpc) is 3.32. The summed E-state index contributed by atoms with van der Waals surface area (Å²) in [6, 6.07) is 8.68. The Hall–Kier alpha value is -2.28. The number of aromatic nitrogens is 4. The predicted molar refractivity (Wildman–Crippen MR) is 113 cm³/mol. The van der Waals surface area contributed by atoms with E-state index in [-0.39, 0.29) is 5.91 Å². The first-order valence-corrected chi connectivity index (χ1v) is 11.2. The molecule has 0 atom stereocenters. The first-order valence-electron chi connectivity index (χ1n) is 10.2. The number of unbranched alkanes of at least 4 members (excludes halogenated alkanes) is 3. The van der Waals surface area contributed by atoms with Gasteiger partial charge in [0.05, 0.1) is 5.75 Å². The molecular formula is C21H27N5OS. The summed E-state index contributed by atoms with van der Waals surface area (Å²) >= 11 is 1.48. The number of nitrogens with one attached hydrogen (secondary N) is 2. The lowest BCUT2D eigenvalue weighted by atomic mass is 10.1. The summed E-state index contributed by atoms with van der Waals surface area (Å²) in [4.78, 5) is 15.5. The molecule has 0 aliphatic heterocycles. The zero-order valence-electron chi connectivity index (χ0n) is 16.3. The zero-order valence-corrected chi connectivity index (χ0v) is 17.1. The first kappa shape index (κ1) is 19.1. The average molecular weight is 398 g/mol. The monoisotopic (exact) mass is 397 g/mol. The lowest BCUT2D eigenvalue weighted by Crippen LogP contribution is -2.26. The third-order valence-corrected chi connectivity index (χ3v) is 6.03. The van der Waals surface area contributed by atoms with Crippen molar-refractivity contribution in [2.24, 2.45) is 0 Å². The number of H-pyrrole nitrogens is 1. The molecule has 1 fully saturated rings. The molecule has 4 rings (SSSR count). The van der Waals surface area contributed by atoms with Gasteiger partial charge in [0.25, 0.3) is 0 Å². The second-order valence-corrected chi connectivity index (χ2v) is 8.30. The van der Waals surface area contributed by atoms with Gasteiger partial charge in [0.15, 0.2) is 11.0 Å². The molecule has 28 heavy (non-hydrogen) atoms. The zero-order chi connectivity index (χ0) is 19.3. The van der Waals surface area contributed by atoms with Crippen molar-refractivity contribution in [3.8, 4) is 11.4 Å². The van der Waals surface area contributed by atoms with Gasteiger partial charge < -0.3 is 10.3 Å². The number of nitrogens with zero attached hydrogens (tertiary/aromatic N) is 3. The topological polar surface area (TPSA) is 75.6 Å². The normalized spacial score (nSPS) is 13.9. The Morgan fingerprint density at radius 3 is 2.93 bits per heavy atom. The summed E-state index contributed by atoms with van der Waals surface area (Å²) in [7, 11) is 0. The molecule has 0 bridgehead atoms. The van der Waals surface area contributed by atoms with Crippen LogP contribution in [0.25, 0.3) is 22.3 Å². The molecular weight excluding hydrogens is 370 g/mol. The second kappa shape index (κ2) is 8.82. The van der Waals surface area contributed by atoms with E-state index in [1.165, 1.54) is 31.0 Å². The molecule has 7 heteroatoms. The molecule has 0 saturated heterocycles. The Balaban J connectivity index is 1.44. The van der Waals surface area contributed by atoms with Gasteiger partial charge in [-0.15, -0.1) is 10.2 Å². The first-order chi connectivity index (χ1) is 13.8. The van der Waals surface area contributed by atoms with Crippen LogP contribution in [0.4, 0.5) is 0 Å². The van der Waals surface area contributed by atoms with Gasteiger partial charge in [-0.25, -0.2) is 0 Å². The third kappa shape index (κ3) is 4.24. The van der Waals surface area contributed by atoms with E-state index < -0.39 is 0 Å². The van der Waals surface area contributed by atoms with Crippen molar-refractivity contribution in [2.75, 3.05) is 12.3 Å². The number of fused-ring (bicyclic) bond motifs is 1. The lowest BCUT2D eigenvalue weighted by molar-refractivity contribution is -0.118. The highest BCUT2D eigenvalue weighted by Crippen LogP contribution is 2.42. The Kier molecular flexibility index (Phi) is 6.00. The molecule has 3 aromatic rings. The van der Waals surface area contributed by atoms with Crippen molar-refractivity contribution in [3.63, 3.8) is 0 Å². The van der Waals surface area contributed by atoms with E-state index in [0.29, 0.717) is 11.8 Å². The van der Waals surface area contributed by atoms with Crippen LogP contribution in [0.2, 0.25) is 0 Å². The molecule has 1 aromatic carbocycles. The highest BCUT2D eigenvalue weighted by atomic mass is 32.2. The van der Waals surface area contributed by atoms with Gasteiger partial charge in [0.1, 0.15) is 0 Å². The van der Waals surface area contributed by atoms with Gasteiger partial charge in [0.2, 0.25) is 5.91 Å². The molecule has 0 spiro atoms.